The van der Waals surface area contributed by atoms with Gasteiger partial charge in [-0.1, -0.05) is 59.3 Å². The van der Waals surface area contributed by atoms with Crippen molar-refractivity contribution in [3.8, 4) is 0 Å². The molecule has 1 heterocycles. The fraction of sp³-hybridized carbons (Fsp3) is 0.200. The molecule has 6 nitrogen and oxygen atoms in total. The molecule has 0 aromatic heterocycles. The van der Waals surface area contributed by atoms with E-state index in [2.05, 4.69) is 5.32 Å². The summed E-state index contributed by atoms with van der Waals surface area (Å²) in [6, 6.07) is 5.08. The number of thioether (sulfide) groups is 1. The number of benzene rings is 1. The zero-order valence-electron chi connectivity index (χ0n) is 12.6. The summed E-state index contributed by atoms with van der Waals surface area (Å²) in [7, 11) is 0. The molecule has 132 valence electrons. The minimum atomic E-state index is -1.14. The summed E-state index contributed by atoms with van der Waals surface area (Å²) in [4.78, 5) is 36.1. The van der Waals surface area contributed by atoms with E-state index >= 15 is 0 Å². The maximum atomic E-state index is 12.4. The van der Waals surface area contributed by atoms with Crippen molar-refractivity contribution >= 4 is 75.4 Å². The molecular formula is C15H12Cl2N2O4S2. The van der Waals surface area contributed by atoms with Gasteiger partial charge in [-0.25, -0.2) is 0 Å². The highest BCUT2D eigenvalue weighted by atomic mass is 35.5. The van der Waals surface area contributed by atoms with E-state index in [9.17, 15) is 14.4 Å². The number of hydrogen-bond donors (Lipinski definition) is 2. The number of carbonyl (C=O) groups is 3. The van der Waals surface area contributed by atoms with Crippen LogP contribution in [0, 0.1) is 0 Å². The third-order valence-corrected chi connectivity index (χ3v) is 5.35. The van der Waals surface area contributed by atoms with Crippen LogP contribution in [0.1, 0.15) is 12.0 Å². The molecule has 0 saturated carbocycles. The van der Waals surface area contributed by atoms with Crippen LogP contribution in [0.3, 0.4) is 0 Å². The van der Waals surface area contributed by atoms with Gasteiger partial charge < -0.3 is 10.4 Å². The lowest BCUT2D eigenvalue weighted by Crippen LogP contribution is -2.35. The van der Waals surface area contributed by atoms with E-state index in [1.165, 1.54) is 4.90 Å². The summed E-state index contributed by atoms with van der Waals surface area (Å²) in [5.74, 6) is -1.95. The smallest absolute Gasteiger partial charge is 0.322 e. The molecular weight excluding hydrogens is 407 g/mol. The molecule has 1 aromatic carbocycles. The summed E-state index contributed by atoms with van der Waals surface area (Å²) in [5.41, 5.74) is 0.592. The lowest BCUT2D eigenvalue weighted by molar-refractivity contribution is -0.138. The largest absolute Gasteiger partial charge is 0.480 e. The average molecular weight is 419 g/mol. The molecule has 0 aliphatic carbocycles. The minimum absolute atomic E-state index is 0.0507. The maximum absolute atomic E-state index is 12.4. The third kappa shape index (κ3) is 5.18. The zero-order valence-corrected chi connectivity index (χ0v) is 15.8. The number of hydrogen-bond acceptors (Lipinski definition) is 5. The van der Waals surface area contributed by atoms with Crippen LogP contribution in [0.5, 0.6) is 0 Å². The number of aliphatic carboxylic acids is 1. The lowest BCUT2D eigenvalue weighted by Gasteiger charge is -2.13. The first-order chi connectivity index (χ1) is 11.8. The van der Waals surface area contributed by atoms with Gasteiger partial charge in [-0.15, -0.1) is 0 Å². The Labute approximate surface area is 163 Å². The van der Waals surface area contributed by atoms with Crippen molar-refractivity contribution in [2.24, 2.45) is 0 Å². The highest BCUT2D eigenvalue weighted by Gasteiger charge is 2.32. The summed E-state index contributed by atoms with van der Waals surface area (Å²) in [6.45, 7) is -0.402. The summed E-state index contributed by atoms with van der Waals surface area (Å²) in [6.07, 6.45) is 1.54. The van der Waals surface area contributed by atoms with Crippen LogP contribution in [0.25, 0.3) is 6.08 Å². The number of carboxylic acids is 1. The summed E-state index contributed by atoms with van der Waals surface area (Å²) >= 11 is 18.3. The van der Waals surface area contributed by atoms with Crippen molar-refractivity contribution < 1.29 is 19.5 Å². The quantitative estimate of drug-likeness (QED) is 0.545. The molecule has 0 spiro atoms. The Kier molecular flexibility index (Phi) is 6.83. The normalized spacial score (nSPS) is 15.8. The van der Waals surface area contributed by atoms with E-state index < -0.39 is 18.4 Å². The molecule has 1 fully saturated rings. The molecule has 1 saturated heterocycles. The van der Waals surface area contributed by atoms with Gasteiger partial charge in [-0.3, -0.25) is 19.3 Å². The van der Waals surface area contributed by atoms with Crippen LogP contribution in [0.2, 0.25) is 10.0 Å². The predicted molar refractivity (Wildman–Crippen MR) is 102 cm³/mol. The van der Waals surface area contributed by atoms with E-state index in [-0.39, 0.29) is 18.9 Å². The van der Waals surface area contributed by atoms with Gasteiger partial charge in [0.1, 0.15) is 10.9 Å². The molecule has 1 aliphatic rings. The van der Waals surface area contributed by atoms with E-state index in [0.717, 1.165) is 11.8 Å². The van der Waals surface area contributed by atoms with Crippen molar-refractivity contribution in [1.29, 1.82) is 0 Å². The summed E-state index contributed by atoms with van der Waals surface area (Å²) < 4.78 is 0.320. The molecule has 0 unspecified atom stereocenters. The van der Waals surface area contributed by atoms with Gasteiger partial charge in [0.15, 0.2) is 0 Å². The second kappa shape index (κ2) is 8.66. The Morgan fingerprint density at radius 3 is 2.76 bits per heavy atom. The van der Waals surface area contributed by atoms with Gasteiger partial charge >= 0.3 is 5.97 Å². The number of carbonyl (C=O) groups excluding carboxylic acids is 2. The van der Waals surface area contributed by atoms with E-state index in [0.29, 0.717) is 24.8 Å². The molecule has 2 rings (SSSR count). The molecule has 0 bridgehead atoms. The van der Waals surface area contributed by atoms with Gasteiger partial charge in [0.25, 0.3) is 5.91 Å². The molecule has 25 heavy (non-hydrogen) atoms. The Balaban J connectivity index is 2.04. The highest BCUT2D eigenvalue weighted by Crippen LogP contribution is 2.35. The predicted octanol–water partition coefficient (Wildman–Crippen LogP) is 2.79. The number of carboxylic acid groups (broad SMARTS) is 1. The lowest BCUT2D eigenvalue weighted by atomic mass is 10.2. The number of thiocarbonyl (C=S) groups is 1. The molecule has 0 radical (unpaired) electrons. The fourth-order valence-corrected chi connectivity index (χ4v) is 3.60. The van der Waals surface area contributed by atoms with Crippen molar-refractivity contribution in [2.75, 3.05) is 13.1 Å². The van der Waals surface area contributed by atoms with Gasteiger partial charge in [-0.2, -0.15) is 0 Å². The SMILES string of the molecule is O=C(O)CNC(=O)CCN1C(=O)/C(=C/c2cccc(Cl)c2Cl)SC1=S. The highest BCUT2D eigenvalue weighted by molar-refractivity contribution is 8.26. The first-order valence-electron chi connectivity index (χ1n) is 6.97. The van der Waals surface area contributed by atoms with Crippen molar-refractivity contribution in [1.82, 2.24) is 10.2 Å². The number of halogens is 2. The Bertz CT molecular complexity index is 783. The molecule has 0 atom stereocenters. The number of nitrogens with zero attached hydrogens (tertiary/aromatic N) is 1. The van der Waals surface area contributed by atoms with Crippen LogP contribution in [-0.4, -0.2) is 45.2 Å². The number of nitrogens with one attached hydrogen (secondary N) is 1. The minimum Gasteiger partial charge on any atom is -0.480 e. The van der Waals surface area contributed by atoms with Crippen molar-refractivity contribution in [3.63, 3.8) is 0 Å². The monoisotopic (exact) mass is 418 g/mol. The first kappa shape index (κ1) is 19.7. The second-order valence-corrected chi connectivity index (χ2v) is 7.36. The van der Waals surface area contributed by atoms with Crippen molar-refractivity contribution in [2.45, 2.75) is 6.42 Å². The standard InChI is InChI=1S/C15H12Cl2N2O4S2/c16-9-3-1-2-8(13(9)17)6-10-14(23)19(15(24)25-10)5-4-11(20)18-7-12(21)22/h1-3,6H,4-5,7H2,(H,18,20)(H,21,22)/b10-6-. The Morgan fingerprint density at radius 1 is 1.36 bits per heavy atom. The molecule has 2 amide bonds. The molecule has 1 aliphatic heterocycles. The van der Waals surface area contributed by atoms with Crippen LogP contribution in [-0.2, 0) is 14.4 Å². The average Bonchev–Trinajstić information content (AvgIpc) is 2.81. The molecule has 10 heteroatoms. The van der Waals surface area contributed by atoms with Gasteiger partial charge in [0.05, 0.1) is 15.0 Å². The van der Waals surface area contributed by atoms with Gasteiger partial charge in [0, 0.05) is 13.0 Å². The Morgan fingerprint density at radius 2 is 2.08 bits per heavy atom. The third-order valence-electron chi connectivity index (χ3n) is 3.14. The fourth-order valence-electron chi connectivity index (χ4n) is 1.94. The number of rotatable bonds is 6. The van der Waals surface area contributed by atoms with Crippen molar-refractivity contribution in [3.05, 3.63) is 38.7 Å². The van der Waals surface area contributed by atoms with Crippen LogP contribution >= 0.6 is 47.2 Å². The maximum Gasteiger partial charge on any atom is 0.322 e. The van der Waals surface area contributed by atoms with E-state index in [1.807, 2.05) is 0 Å². The Hall–Kier alpha value is -1.61. The first-order valence-corrected chi connectivity index (χ1v) is 8.95. The second-order valence-electron chi connectivity index (χ2n) is 4.90. The summed E-state index contributed by atoms with van der Waals surface area (Å²) in [5, 5.41) is 11.5. The molecule has 2 N–H and O–H groups in total. The van der Waals surface area contributed by atoms with Gasteiger partial charge in [-0.05, 0) is 17.7 Å². The molecule has 1 aromatic rings. The van der Waals surface area contributed by atoms with Gasteiger partial charge in [0.2, 0.25) is 5.91 Å². The van der Waals surface area contributed by atoms with Crippen LogP contribution in [0.15, 0.2) is 23.1 Å². The van der Waals surface area contributed by atoms with Crippen LogP contribution < -0.4 is 5.32 Å². The van der Waals surface area contributed by atoms with E-state index in [4.69, 9.17) is 40.5 Å². The van der Waals surface area contributed by atoms with Crippen LogP contribution in [0.4, 0.5) is 0 Å². The topological polar surface area (TPSA) is 86.7 Å². The van der Waals surface area contributed by atoms with E-state index in [1.54, 1.807) is 24.3 Å². The number of amides is 2. The zero-order chi connectivity index (χ0) is 18.6.